The molecule has 0 saturated heterocycles. The van der Waals surface area contributed by atoms with Crippen molar-refractivity contribution in [1.82, 2.24) is 4.98 Å². The van der Waals surface area contributed by atoms with Crippen LogP contribution >= 0.6 is 0 Å². The lowest BCUT2D eigenvalue weighted by atomic mass is 9.83. The van der Waals surface area contributed by atoms with Crippen LogP contribution in [0.1, 0.15) is 126 Å². The second-order valence-electron chi connectivity index (χ2n) is 9.98. The van der Waals surface area contributed by atoms with Crippen molar-refractivity contribution >= 4 is 29.4 Å². The average Bonchev–Trinajstić information content (AvgIpc) is 2.85. The number of carbonyl (C=O) groups is 1. The Balaban J connectivity index is 1.55. The molecule has 0 bridgehead atoms. The molecule has 1 aromatic heterocycles. The van der Waals surface area contributed by atoms with Crippen molar-refractivity contribution in [2.75, 3.05) is 10.7 Å². The summed E-state index contributed by atoms with van der Waals surface area (Å²) in [5.41, 5.74) is 6.23. The van der Waals surface area contributed by atoms with Crippen LogP contribution in [0.4, 0.5) is 11.5 Å². The zero-order valence-corrected chi connectivity index (χ0v) is 19.6. The molecule has 2 saturated carbocycles. The molecule has 5 nitrogen and oxygen atoms in total. The van der Waals surface area contributed by atoms with E-state index in [1.54, 1.807) is 0 Å². The van der Waals surface area contributed by atoms with Crippen LogP contribution < -0.4 is 10.7 Å². The van der Waals surface area contributed by atoms with Crippen molar-refractivity contribution in [1.29, 1.82) is 0 Å². The van der Waals surface area contributed by atoms with Crippen LogP contribution in [0.25, 0.3) is 6.08 Å². The Morgan fingerprint density at radius 3 is 2.03 bits per heavy atom. The van der Waals surface area contributed by atoms with Crippen LogP contribution in [0.3, 0.4) is 0 Å². The molecule has 0 spiro atoms. The lowest BCUT2D eigenvalue weighted by Crippen LogP contribution is -2.25. The summed E-state index contributed by atoms with van der Waals surface area (Å²) in [6.45, 7) is 0. The summed E-state index contributed by atoms with van der Waals surface area (Å²) in [5.74, 6) is 4.51. The minimum Gasteiger partial charge on any atom is -0.324 e. The molecule has 0 radical (unpaired) electrons. The summed E-state index contributed by atoms with van der Waals surface area (Å²) in [6.07, 6.45) is 24.8. The smallest absolute Gasteiger partial charge is 0.227 e. The topological polar surface area (TPSA) is 66.4 Å². The van der Waals surface area contributed by atoms with Crippen molar-refractivity contribution in [2.24, 2.45) is 11.0 Å². The lowest BCUT2D eigenvalue weighted by Gasteiger charge is -2.26. The van der Waals surface area contributed by atoms with Crippen LogP contribution in [0, 0.1) is 5.92 Å². The first-order valence-corrected chi connectivity index (χ1v) is 13.2. The Morgan fingerprint density at radius 1 is 0.844 bits per heavy atom. The fourth-order valence-corrected chi connectivity index (χ4v) is 5.73. The Morgan fingerprint density at radius 2 is 1.41 bits per heavy atom. The maximum atomic E-state index is 13.4. The minimum absolute atomic E-state index is 0.115. The summed E-state index contributed by atoms with van der Waals surface area (Å²) < 4.78 is 0. The summed E-state index contributed by atoms with van der Waals surface area (Å²) in [7, 11) is 0. The van der Waals surface area contributed by atoms with Gasteiger partial charge in [-0.25, -0.2) is 4.98 Å². The number of anilines is 2. The predicted octanol–water partition coefficient (Wildman–Crippen LogP) is 7.40. The van der Waals surface area contributed by atoms with Gasteiger partial charge in [0.15, 0.2) is 5.82 Å². The summed E-state index contributed by atoms with van der Waals surface area (Å²) in [6, 6.07) is 0. The van der Waals surface area contributed by atoms with E-state index in [9.17, 15) is 4.79 Å². The monoisotopic (exact) mass is 436 g/mol. The standard InChI is InChI=1S/C27H40N4O/c32-27(22-16-12-6-3-1-2-4-7-13-17-22)30-24-20-28-26-23(18-19-29-31-26)25(24)21-14-10-8-5-9-11-15-21/h18,20-22H,1-17H2,(H,28,31)(H,30,32). The number of rotatable bonds is 3. The molecule has 0 unspecified atom stereocenters. The van der Waals surface area contributed by atoms with Crippen molar-refractivity contribution in [2.45, 2.75) is 115 Å². The normalized spacial score (nSPS) is 21.5. The molecule has 32 heavy (non-hydrogen) atoms. The van der Waals surface area contributed by atoms with Gasteiger partial charge in [0.1, 0.15) is 0 Å². The fourth-order valence-electron chi connectivity index (χ4n) is 5.73. The lowest BCUT2D eigenvalue weighted by molar-refractivity contribution is -0.120. The van der Waals surface area contributed by atoms with Crippen LogP contribution in [-0.2, 0) is 4.79 Å². The predicted molar refractivity (Wildman–Crippen MR) is 133 cm³/mol. The number of nitrogens with zero attached hydrogens (tertiary/aromatic N) is 2. The van der Waals surface area contributed by atoms with Crippen LogP contribution in [-0.4, -0.2) is 16.8 Å². The molecule has 0 atom stereocenters. The number of hydrazone groups is 1. The molecular weight excluding hydrogens is 396 g/mol. The van der Waals surface area contributed by atoms with Gasteiger partial charge in [0.2, 0.25) is 5.91 Å². The third kappa shape index (κ3) is 6.22. The molecular formula is C27H40N4O. The molecule has 2 fully saturated rings. The molecule has 3 aliphatic rings. The third-order valence-electron chi connectivity index (χ3n) is 7.59. The maximum absolute atomic E-state index is 13.4. The van der Waals surface area contributed by atoms with Crippen molar-refractivity contribution in [3.63, 3.8) is 0 Å². The van der Waals surface area contributed by atoms with E-state index in [0.717, 1.165) is 29.9 Å². The zero-order chi connectivity index (χ0) is 22.0. The molecule has 1 aromatic rings. The van der Waals surface area contributed by atoms with Gasteiger partial charge in [0.05, 0.1) is 11.9 Å². The number of hydrogen-bond donors (Lipinski definition) is 2. The summed E-state index contributed by atoms with van der Waals surface area (Å²) in [4.78, 5) is 18.0. The van der Waals surface area contributed by atoms with Crippen LogP contribution in [0.5, 0.6) is 0 Å². The third-order valence-corrected chi connectivity index (χ3v) is 7.59. The van der Waals surface area contributed by atoms with E-state index in [0.29, 0.717) is 5.92 Å². The zero-order valence-electron chi connectivity index (χ0n) is 19.6. The van der Waals surface area contributed by atoms with Gasteiger partial charge in [-0.2, -0.15) is 0 Å². The minimum atomic E-state index is 0.115. The van der Waals surface area contributed by atoms with Gasteiger partial charge in [0.25, 0.3) is 0 Å². The quantitative estimate of drug-likeness (QED) is 0.518. The van der Waals surface area contributed by atoms with Gasteiger partial charge < -0.3 is 5.32 Å². The number of hydrogen-bond acceptors (Lipinski definition) is 4. The molecule has 1 aliphatic heterocycles. The van der Waals surface area contributed by atoms with Gasteiger partial charge in [-0.3, -0.25) is 10.2 Å². The number of carbonyl (C=O) groups excluding carboxylic acids is 1. The van der Waals surface area contributed by atoms with E-state index in [1.165, 1.54) is 102 Å². The SMILES string of the molecule is O=C(Nc1cnc2c(c1C1CCCCCCC1)C=C=NN2)C1CCCCCCCCCC1. The first-order valence-electron chi connectivity index (χ1n) is 13.2. The molecule has 1 amide bonds. The Labute approximate surface area is 193 Å². The van der Waals surface area contributed by atoms with Crippen molar-refractivity contribution < 1.29 is 4.79 Å². The Kier molecular flexibility index (Phi) is 8.79. The average molecular weight is 437 g/mol. The number of amides is 1. The van der Waals surface area contributed by atoms with E-state index < -0.39 is 0 Å². The first kappa shape index (κ1) is 23.0. The van der Waals surface area contributed by atoms with Gasteiger partial charge in [0, 0.05) is 23.4 Å². The van der Waals surface area contributed by atoms with Crippen molar-refractivity contribution in [3.05, 3.63) is 17.3 Å². The van der Waals surface area contributed by atoms with Gasteiger partial charge in [-0.05, 0) is 37.2 Å². The highest BCUT2D eigenvalue weighted by molar-refractivity contribution is 5.96. The molecule has 4 rings (SSSR count). The number of nitrogens with one attached hydrogen (secondary N) is 2. The maximum Gasteiger partial charge on any atom is 0.227 e. The number of fused-ring (bicyclic) bond motifs is 1. The second kappa shape index (κ2) is 12.2. The Bertz CT molecular complexity index is 807. The largest absolute Gasteiger partial charge is 0.324 e. The molecule has 2 aliphatic carbocycles. The van der Waals surface area contributed by atoms with E-state index in [-0.39, 0.29) is 11.8 Å². The fraction of sp³-hybridized carbons (Fsp3) is 0.704. The Hall–Kier alpha value is -2.13. The second-order valence-corrected chi connectivity index (χ2v) is 9.98. The first-order chi connectivity index (χ1) is 15.8. The molecule has 2 N–H and O–H groups in total. The molecule has 174 valence electrons. The van der Waals surface area contributed by atoms with E-state index in [4.69, 9.17) is 0 Å². The van der Waals surface area contributed by atoms with Gasteiger partial charge in [-0.15, -0.1) is 5.10 Å². The molecule has 2 heterocycles. The summed E-state index contributed by atoms with van der Waals surface area (Å²) in [5, 5.41) is 7.40. The van der Waals surface area contributed by atoms with Gasteiger partial charge >= 0.3 is 0 Å². The van der Waals surface area contributed by atoms with E-state index >= 15 is 0 Å². The van der Waals surface area contributed by atoms with E-state index in [1.807, 2.05) is 12.3 Å². The van der Waals surface area contributed by atoms with E-state index in [2.05, 4.69) is 26.7 Å². The highest BCUT2D eigenvalue weighted by Gasteiger charge is 2.26. The molecule has 5 heteroatoms. The number of pyridine rings is 1. The van der Waals surface area contributed by atoms with Gasteiger partial charge in [-0.1, -0.05) is 83.5 Å². The summed E-state index contributed by atoms with van der Waals surface area (Å²) >= 11 is 0. The van der Waals surface area contributed by atoms with Crippen LogP contribution in [0.2, 0.25) is 0 Å². The number of aromatic nitrogens is 1. The highest BCUT2D eigenvalue weighted by Crippen LogP contribution is 2.40. The van der Waals surface area contributed by atoms with Crippen LogP contribution in [0.15, 0.2) is 11.3 Å². The highest BCUT2D eigenvalue weighted by atomic mass is 16.1. The van der Waals surface area contributed by atoms with Crippen molar-refractivity contribution in [3.8, 4) is 0 Å². The molecule has 0 aromatic carbocycles.